The predicted molar refractivity (Wildman–Crippen MR) is 203 cm³/mol. The molecule has 0 amide bonds. The summed E-state index contributed by atoms with van der Waals surface area (Å²) in [6, 6.07) is 9.56. The van der Waals surface area contributed by atoms with E-state index in [2.05, 4.69) is 43.7 Å². The first-order valence-corrected chi connectivity index (χ1v) is 19.7. The number of esters is 3. The van der Waals surface area contributed by atoms with Crippen LogP contribution < -0.4 is 0 Å². The van der Waals surface area contributed by atoms with E-state index >= 15 is 0 Å². The number of carbonyl (C=O) groups is 4. The molecule has 0 saturated heterocycles. The fourth-order valence-electron chi connectivity index (χ4n) is 11.6. The Labute approximate surface area is 324 Å². The number of carboxylic acid groups (broad SMARTS) is 1. The van der Waals surface area contributed by atoms with Crippen LogP contribution in [0.3, 0.4) is 0 Å². The van der Waals surface area contributed by atoms with Gasteiger partial charge >= 0.3 is 23.9 Å². The lowest BCUT2D eigenvalue weighted by atomic mass is 9.36. The van der Waals surface area contributed by atoms with Crippen LogP contribution in [0.15, 0.2) is 65.5 Å². The summed E-state index contributed by atoms with van der Waals surface area (Å²) < 4.78 is 18.1. The first kappa shape index (κ1) is 40.3. The molecule has 0 spiro atoms. The molecule has 4 aliphatic rings. The van der Waals surface area contributed by atoms with Crippen molar-refractivity contribution < 1.29 is 43.6 Å². The van der Waals surface area contributed by atoms with Gasteiger partial charge < -0.3 is 24.4 Å². The average molecular weight is 757 g/mol. The SMILES string of the molecule is CC(=O)O[C@H]1C[C@@]2(C)[C@@H](C[C@@H](O)[C@H]3[C@@]4(C)CC[C@@H](OC(=O)c5nccnc5C(=O)O)[C@@H](C)[C@@H]4CC[C@@]32C)/C1=C(\CCC=C(C)C)C(=O)OCc1ccccc1. The minimum atomic E-state index is -1.35. The monoisotopic (exact) mass is 756 g/mol. The Hall–Kier alpha value is -4.38. The summed E-state index contributed by atoms with van der Waals surface area (Å²) in [6.07, 6.45) is 7.67. The second-order valence-electron chi connectivity index (χ2n) is 17.3. The van der Waals surface area contributed by atoms with Gasteiger partial charge in [-0.05, 0) is 116 Å². The summed E-state index contributed by atoms with van der Waals surface area (Å²) in [5.41, 5.74) is 1.46. The van der Waals surface area contributed by atoms with Crippen LogP contribution in [0.2, 0.25) is 0 Å². The van der Waals surface area contributed by atoms with Crippen molar-refractivity contribution in [1.29, 1.82) is 0 Å². The minimum Gasteiger partial charge on any atom is -0.476 e. The van der Waals surface area contributed by atoms with Gasteiger partial charge in [0.1, 0.15) is 18.8 Å². The van der Waals surface area contributed by atoms with Crippen molar-refractivity contribution in [1.82, 2.24) is 9.97 Å². The number of aliphatic hydroxyl groups excluding tert-OH is 1. The van der Waals surface area contributed by atoms with Gasteiger partial charge in [0, 0.05) is 24.9 Å². The van der Waals surface area contributed by atoms with Gasteiger partial charge in [-0.3, -0.25) is 4.79 Å². The molecule has 0 radical (unpaired) electrons. The molecule has 10 atom stereocenters. The van der Waals surface area contributed by atoms with Crippen molar-refractivity contribution in [2.24, 2.45) is 39.9 Å². The van der Waals surface area contributed by atoms with Crippen molar-refractivity contribution in [3.05, 3.63) is 82.5 Å². The fraction of sp³-hybridized carbons (Fsp3) is 0.591. The zero-order valence-electron chi connectivity index (χ0n) is 33.2. The molecule has 6 rings (SSSR count). The second-order valence-corrected chi connectivity index (χ2v) is 17.3. The number of hydrogen-bond donors (Lipinski definition) is 2. The molecule has 11 nitrogen and oxygen atoms in total. The summed E-state index contributed by atoms with van der Waals surface area (Å²) in [6.45, 7) is 14.5. The van der Waals surface area contributed by atoms with Crippen molar-refractivity contribution in [3.63, 3.8) is 0 Å². The lowest BCUT2D eigenvalue weighted by Gasteiger charge is -2.69. The number of aromatic carboxylic acids is 1. The Balaban J connectivity index is 1.33. The summed E-state index contributed by atoms with van der Waals surface area (Å²) in [4.78, 5) is 59.7. The first-order valence-electron chi connectivity index (χ1n) is 19.7. The molecular weight excluding hydrogens is 700 g/mol. The smallest absolute Gasteiger partial charge is 0.359 e. The van der Waals surface area contributed by atoms with E-state index in [4.69, 9.17) is 14.2 Å². The fourth-order valence-corrected chi connectivity index (χ4v) is 11.6. The number of allylic oxidation sites excluding steroid dienone is 2. The number of ether oxygens (including phenoxy) is 3. The number of aliphatic hydroxyl groups is 1. The van der Waals surface area contributed by atoms with E-state index in [0.29, 0.717) is 44.1 Å². The number of carbonyl (C=O) groups excluding carboxylic acids is 3. The summed E-state index contributed by atoms with van der Waals surface area (Å²) in [7, 11) is 0. The van der Waals surface area contributed by atoms with Crippen LogP contribution in [0.1, 0.15) is 126 Å². The van der Waals surface area contributed by atoms with Crippen LogP contribution in [0.5, 0.6) is 0 Å². The second kappa shape index (κ2) is 15.6. The molecule has 55 heavy (non-hydrogen) atoms. The normalized spacial score (nSPS) is 34.6. The van der Waals surface area contributed by atoms with Gasteiger partial charge in [0.25, 0.3) is 0 Å². The molecule has 1 aromatic carbocycles. The van der Waals surface area contributed by atoms with Crippen molar-refractivity contribution in [2.45, 2.75) is 125 Å². The average Bonchev–Trinajstić information content (AvgIpc) is 3.41. The molecule has 1 aromatic heterocycles. The topological polar surface area (TPSA) is 162 Å². The third kappa shape index (κ3) is 7.36. The molecule has 4 fully saturated rings. The number of aromatic nitrogens is 2. The minimum absolute atomic E-state index is 0.0659. The van der Waals surface area contributed by atoms with Gasteiger partial charge in [-0.2, -0.15) is 0 Å². The predicted octanol–water partition coefficient (Wildman–Crippen LogP) is 7.68. The van der Waals surface area contributed by atoms with E-state index in [1.807, 2.05) is 44.2 Å². The van der Waals surface area contributed by atoms with Crippen molar-refractivity contribution in [2.75, 3.05) is 0 Å². The quantitative estimate of drug-likeness (QED) is 0.106. The third-order valence-corrected chi connectivity index (χ3v) is 14.1. The number of nitrogens with zero attached hydrogens (tertiary/aromatic N) is 2. The van der Waals surface area contributed by atoms with E-state index in [0.717, 1.165) is 29.6 Å². The van der Waals surface area contributed by atoms with Gasteiger partial charge in [-0.1, -0.05) is 69.7 Å². The third-order valence-electron chi connectivity index (χ3n) is 14.1. The Morgan fingerprint density at radius 3 is 2.27 bits per heavy atom. The molecule has 11 heteroatoms. The van der Waals surface area contributed by atoms with Crippen LogP contribution in [0.4, 0.5) is 0 Å². The maximum atomic E-state index is 14.2. The summed E-state index contributed by atoms with van der Waals surface area (Å²) in [5, 5.41) is 22.0. The van der Waals surface area contributed by atoms with Gasteiger partial charge in [-0.25, -0.2) is 24.4 Å². The largest absolute Gasteiger partial charge is 0.476 e. The van der Waals surface area contributed by atoms with Crippen LogP contribution in [-0.4, -0.2) is 62.4 Å². The van der Waals surface area contributed by atoms with E-state index in [9.17, 15) is 29.4 Å². The summed E-state index contributed by atoms with van der Waals surface area (Å²) >= 11 is 0. The molecule has 2 aromatic rings. The van der Waals surface area contributed by atoms with Crippen molar-refractivity contribution in [3.8, 4) is 0 Å². The molecule has 0 unspecified atom stereocenters. The first-order chi connectivity index (χ1) is 26.0. The number of rotatable bonds is 10. The van der Waals surface area contributed by atoms with Crippen LogP contribution in [0.25, 0.3) is 0 Å². The molecule has 0 aliphatic heterocycles. The standard InChI is InChI=1S/C44H56N2O9/c1-25(2)12-11-15-29(40(51)53-24-28-13-9-8-10-14-28)35-31-22-32(48)38-42(5)18-17-33(55-41(52)37-36(39(49)50)45-20-21-46-37)26(3)30(42)16-19-43(38,6)44(31,7)23-34(35)54-27(4)47/h8-10,12-14,20-21,26,30-34,38,48H,11,15-19,22-24H2,1-7H3,(H,49,50)/b35-29-/t26-,30-,31-,32+,33+,34-,38-,42-,43-,44-/m0/s1. The van der Waals surface area contributed by atoms with E-state index < -0.39 is 53.3 Å². The Morgan fingerprint density at radius 1 is 0.927 bits per heavy atom. The van der Waals surface area contributed by atoms with Crippen LogP contribution in [-0.2, 0) is 30.4 Å². The lowest BCUT2D eigenvalue weighted by molar-refractivity contribution is -0.234. The number of carboxylic acids is 1. The molecule has 2 N–H and O–H groups in total. The Morgan fingerprint density at radius 2 is 1.62 bits per heavy atom. The number of benzene rings is 1. The molecule has 4 saturated carbocycles. The lowest BCUT2D eigenvalue weighted by Crippen LogP contribution is -2.65. The maximum absolute atomic E-state index is 14.2. The van der Waals surface area contributed by atoms with Crippen LogP contribution >= 0.6 is 0 Å². The van der Waals surface area contributed by atoms with Crippen molar-refractivity contribution >= 4 is 23.9 Å². The highest BCUT2D eigenvalue weighted by atomic mass is 16.6. The summed E-state index contributed by atoms with van der Waals surface area (Å²) in [5.74, 6) is -3.27. The maximum Gasteiger partial charge on any atom is 0.359 e. The molecule has 296 valence electrons. The van der Waals surface area contributed by atoms with E-state index in [-0.39, 0.29) is 46.8 Å². The van der Waals surface area contributed by atoms with E-state index in [1.165, 1.54) is 19.3 Å². The number of hydrogen-bond acceptors (Lipinski definition) is 10. The van der Waals surface area contributed by atoms with E-state index in [1.54, 1.807) is 0 Å². The zero-order chi connectivity index (χ0) is 39.9. The Kier molecular flexibility index (Phi) is 11.5. The highest BCUT2D eigenvalue weighted by molar-refractivity contribution is 5.99. The highest BCUT2D eigenvalue weighted by Gasteiger charge is 2.71. The molecular formula is C44H56N2O9. The molecule has 0 bridgehead atoms. The molecule has 4 aliphatic carbocycles. The van der Waals surface area contributed by atoms with Gasteiger partial charge in [0.2, 0.25) is 0 Å². The van der Waals surface area contributed by atoms with Gasteiger partial charge in [0.05, 0.1) is 6.10 Å². The highest BCUT2D eigenvalue weighted by Crippen LogP contribution is 2.74. The Bertz CT molecular complexity index is 1870. The van der Waals surface area contributed by atoms with Gasteiger partial charge in [-0.15, -0.1) is 0 Å². The number of fused-ring (bicyclic) bond motifs is 5. The van der Waals surface area contributed by atoms with Gasteiger partial charge in [0.15, 0.2) is 11.4 Å². The van der Waals surface area contributed by atoms with Crippen LogP contribution in [0, 0.1) is 39.9 Å². The zero-order valence-corrected chi connectivity index (χ0v) is 33.2. The molecule has 1 heterocycles.